The lowest BCUT2D eigenvalue weighted by molar-refractivity contribution is -0.133. The van der Waals surface area contributed by atoms with E-state index in [1.807, 2.05) is 13.8 Å². The SMILES string of the molecule is CCOC(=O)c1ccccc1NC(=O)CN(CC(C)C)C(C)=O. The summed E-state index contributed by atoms with van der Waals surface area (Å²) in [4.78, 5) is 37.1. The van der Waals surface area contributed by atoms with E-state index in [1.165, 1.54) is 11.8 Å². The number of nitrogens with zero attached hydrogens (tertiary/aromatic N) is 1. The minimum Gasteiger partial charge on any atom is -0.462 e. The first-order valence-corrected chi connectivity index (χ1v) is 7.66. The van der Waals surface area contributed by atoms with Crippen LogP contribution in [0.25, 0.3) is 0 Å². The van der Waals surface area contributed by atoms with E-state index in [0.29, 0.717) is 17.8 Å². The Hall–Kier alpha value is -2.37. The Balaban J connectivity index is 2.81. The largest absolute Gasteiger partial charge is 0.462 e. The average Bonchev–Trinajstić information content (AvgIpc) is 2.46. The molecule has 0 fully saturated rings. The van der Waals surface area contributed by atoms with Crippen molar-refractivity contribution in [2.45, 2.75) is 27.7 Å². The van der Waals surface area contributed by atoms with Gasteiger partial charge >= 0.3 is 5.97 Å². The van der Waals surface area contributed by atoms with Crippen molar-refractivity contribution >= 4 is 23.5 Å². The lowest BCUT2D eigenvalue weighted by Crippen LogP contribution is -2.39. The Kier molecular flexibility index (Phi) is 7.25. The first-order chi connectivity index (χ1) is 10.8. The standard InChI is InChI=1S/C17H24N2O4/c1-5-23-17(22)14-8-6-7-9-15(14)18-16(21)11-19(13(4)20)10-12(2)3/h6-9,12H,5,10-11H2,1-4H3,(H,18,21). The fourth-order valence-corrected chi connectivity index (χ4v) is 2.09. The van der Waals surface area contributed by atoms with Crippen molar-refractivity contribution < 1.29 is 19.1 Å². The molecule has 0 bridgehead atoms. The zero-order chi connectivity index (χ0) is 17.4. The van der Waals surface area contributed by atoms with Crippen LogP contribution in [0.15, 0.2) is 24.3 Å². The lowest BCUT2D eigenvalue weighted by Gasteiger charge is -2.22. The zero-order valence-electron chi connectivity index (χ0n) is 14.1. The predicted octanol–water partition coefficient (Wildman–Crippen LogP) is 2.31. The molecule has 0 saturated carbocycles. The van der Waals surface area contributed by atoms with E-state index in [4.69, 9.17) is 4.74 Å². The molecule has 0 atom stereocenters. The molecule has 6 heteroatoms. The number of ether oxygens (including phenoxy) is 1. The van der Waals surface area contributed by atoms with E-state index in [-0.39, 0.29) is 30.9 Å². The Morgan fingerprint density at radius 3 is 2.43 bits per heavy atom. The van der Waals surface area contributed by atoms with E-state index >= 15 is 0 Å². The zero-order valence-corrected chi connectivity index (χ0v) is 14.1. The number of benzene rings is 1. The summed E-state index contributed by atoms with van der Waals surface area (Å²) in [5.41, 5.74) is 0.671. The molecule has 23 heavy (non-hydrogen) atoms. The average molecular weight is 320 g/mol. The van der Waals surface area contributed by atoms with Crippen molar-refractivity contribution in [3.8, 4) is 0 Å². The number of nitrogens with one attached hydrogen (secondary N) is 1. The molecule has 0 saturated heterocycles. The number of carbonyl (C=O) groups is 3. The minimum atomic E-state index is -0.492. The molecule has 0 unspecified atom stereocenters. The second-order valence-corrected chi connectivity index (χ2v) is 5.61. The highest BCUT2D eigenvalue weighted by atomic mass is 16.5. The smallest absolute Gasteiger partial charge is 0.340 e. The number of hydrogen-bond acceptors (Lipinski definition) is 4. The quantitative estimate of drug-likeness (QED) is 0.782. The van der Waals surface area contributed by atoms with Crippen molar-refractivity contribution in [3.63, 3.8) is 0 Å². The van der Waals surface area contributed by atoms with Gasteiger partial charge in [0.1, 0.15) is 0 Å². The van der Waals surface area contributed by atoms with Gasteiger partial charge in [-0.2, -0.15) is 0 Å². The molecule has 6 nitrogen and oxygen atoms in total. The molecular formula is C17H24N2O4. The summed E-state index contributed by atoms with van der Waals surface area (Å²) in [5.74, 6) is -0.738. The van der Waals surface area contributed by atoms with E-state index in [1.54, 1.807) is 31.2 Å². The van der Waals surface area contributed by atoms with Gasteiger partial charge in [-0.3, -0.25) is 9.59 Å². The highest BCUT2D eigenvalue weighted by Crippen LogP contribution is 2.16. The summed E-state index contributed by atoms with van der Waals surface area (Å²) >= 11 is 0. The van der Waals surface area contributed by atoms with E-state index in [9.17, 15) is 14.4 Å². The van der Waals surface area contributed by atoms with Crippen LogP contribution in [0.1, 0.15) is 38.1 Å². The summed E-state index contributed by atoms with van der Waals surface area (Å²) in [7, 11) is 0. The van der Waals surface area contributed by atoms with Gasteiger partial charge in [0.05, 0.1) is 24.4 Å². The van der Waals surface area contributed by atoms with Gasteiger partial charge in [0.25, 0.3) is 0 Å². The number of anilines is 1. The van der Waals surface area contributed by atoms with E-state index < -0.39 is 5.97 Å². The third kappa shape index (κ3) is 6.10. The molecule has 0 spiro atoms. The monoisotopic (exact) mass is 320 g/mol. The maximum atomic E-state index is 12.2. The molecule has 1 N–H and O–H groups in total. The van der Waals surface area contributed by atoms with Gasteiger partial charge in [0.15, 0.2) is 0 Å². The van der Waals surface area contributed by atoms with Crippen LogP contribution in [-0.4, -0.2) is 42.4 Å². The van der Waals surface area contributed by atoms with Crippen molar-refractivity contribution in [2.75, 3.05) is 25.0 Å². The number of rotatable bonds is 7. The first-order valence-electron chi connectivity index (χ1n) is 7.66. The normalized spacial score (nSPS) is 10.3. The highest BCUT2D eigenvalue weighted by molar-refractivity contribution is 6.02. The topological polar surface area (TPSA) is 75.7 Å². The Morgan fingerprint density at radius 2 is 1.87 bits per heavy atom. The van der Waals surface area contributed by atoms with Crippen molar-refractivity contribution in [1.29, 1.82) is 0 Å². The molecule has 126 valence electrons. The predicted molar refractivity (Wildman–Crippen MR) is 88.1 cm³/mol. The van der Waals surface area contributed by atoms with Crippen LogP contribution in [0.2, 0.25) is 0 Å². The summed E-state index contributed by atoms with van der Waals surface area (Å²) in [6.45, 7) is 7.81. The van der Waals surface area contributed by atoms with Crippen LogP contribution in [0.4, 0.5) is 5.69 Å². The van der Waals surface area contributed by atoms with Crippen molar-refractivity contribution in [2.24, 2.45) is 5.92 Å². The highest BCUT2D eigenvalue weighted by Gasteiger charge is 2.17. The molecule has 1 aromatic rings. The molecule has 0 aliphatic carbocycles. The molecule has 0 radical (unpaired) electrons. The second kappa shape index (κ2) is 8.92. The van der Waals surface area contributed by atoms with E-state index in [2.05, 4.69) is 5.32 Å². The van der Waals surface area contributed by atoms with Gasteiger partial charge in [-0.15, -0.1) is 0 Å². The first kappa shape index (κ1) is 18.7. The van der Waals surface area contributed by atoms with Crippen molar-refractivity contribution in [1.82, 2.24) is 4.90 Å². The Morgan fingerprint density at radius 1 is 1.22 bits per heavy atom. The second-order valence-electron chi connectivity index (χ2n) is 5.61. The van der Waals surface area contributed by atoms with E-state index in [0.717, 1.165) is 0 Å². The number of esters is 1. The third-order valence-electron chi connectivity index (χ3n) is 3.06. The fraction of sp³-hybridized carbons (Fsp3) is 0.471. The van der Waals surface area contributed by atoms with Gasteiger partial charge in [0.2, 0.25) is 11.8 Å². The van der Waals surface area contributed by atoms with Gasteiger partial charge < -0.3 is 15.0 Å². The van der Waals surface area contributed by atoms with Crippen molar-refractivity contribution in [3.05, 3.63) is 29.8 Å². The van der Waals surface area contributed by atoms with Gasteiger partial charge in [-0.05, 0) is 25.0 Å². The molecule has 0 aromatic heterocycles. The fourth-order valence-electron chi connectivity index (χ4n) is 2.09. The third-order valence-corrected chi connectivity index (χ3v) is 3.06. The van der Waals surface area contributed by atoms with Crippen LogP contribution in [0, 0.1) is 5.92 Å². The maximum absolute atomic E-state index is 12.2. The molecule has 1 rings (SSSR count). The summed E-state index contributed by atoms with van der Waals surface area (Å²) in [6.07, 6.45) is 0. The summed E-state index contributed by atoms with van der Waals surface area (Å²) < 4.78 is 4.97. The number of para-hydroxylation sites is 1. The number of carbonyl (C=O) groups excluding carboxylic acids is 3. The number of hydrogen-bond donors (Lipinski definition) is 1. The molecule has 0 aliphatic heterocycles. The molecule has 0 heterocycles. The van der Waals surface area contributed by atoms with Crippen LogP contribution in [-0.2, 0) is 14.3 Å². The van der Waals surface area contributed by atoms with Crippen LogP contribution in [0.5, 0.6) is 0 Å². The minimum absolute atomic E-state index is 0.0509. The van der Waals surface area contributed by atoms with Crippen LogP contribution in [0.3, 0.4) is 0 Å². The van der Waals surface area contributed by atoms with Gasteiger partial charge in [-0.25, -0.2) is 4.79 Å². The molecular weight excluding hydrogens is 296 g/mol. The molecule has 0 aliphatic rings. The van der Waals surface area contributed by atoms with Gasteiger partial charge in [0, 0.05) is 13.5 Å². The summed E-state index contributed by atoms with van der Waals surface area (Å²) in [5, 5.41) is 2.67. The molecule has 1 aromatic carbocycles. The van der Waals surface area contributed by atoms with Gasteiger partial charge in [-0.1, -0.05) is 26.0 Å². The van der Waals surface area contributed by atoms with Crippen LogP contribution < -0.4 is 5.32 Å². The Bertz CT molecular complexity index is 569. The lowest BCUT2D eigenvalue weighted by atomic mass is 10.1. The maximum Gasteiger partial charge on any atom is 0.340 e. The van der Waals surface area contributed by atoms with Crippen LogP contribution >= 0.6 is 0 Å². The number of amides is 2. The Labute approximate surface area is 136 Å². The summed E-state index contributed by atoms with van der Waals surface area (Å²) in [6, 6.07) is 6.63. The molecule has 2 amide bonds.